The van der Waals surface area contributed by atoms with E-state index in [2.05, 4.69) is 54.4 Å². The van der Waals surface area contributed by atoms with E-state index < -0.39 is 0 Å². The Morgan fingerprint density at radius 3 is 2.75 bits per heavy atom. The van der Waals surface area contributed by atoms with Gasteiger partial charge in [-0.3, -0.25) is 4.90 Å². The van der Waals surface area contributed by atoms with Gasteiger partial charge in [-0.05, 0) is 11.5 Å². The molecule has 2 rings (SSSR count). The van der Waals surface area contributed by atoms with E-state index in [0.29, 0.717) is 6.04 Å². The molecule has 88 valence electrons. The van der Waals surface area contributed by atoms with Crippen molar-refractivity contribution in [3.8, 4) is 0 Å². The molecule has 0 spiro atoms. The van der Waals surface area contributed by atoms with E-state index in [1.165, 1.54) is 12.1 Å². The van der Waals surface area contributed by atoms with Crippen LogP contribution in [0.5, 0.6) is 0 Å². The van der Waals surface area contributed by atoms with Crippen molar-refractivity contribution >= 4 is 0 Å². The third-order valence-corrected chi connectivity index (χ3v) is 3.34. The second kappa shape index (κ2) is 5.46. The van der Waals surface area contributed by atoms with Gasteiger partial charge in [0.1, 0.15) is 0 Å². The minimum Gasteiger partial charge on any atom is -0.311 e. The van der Waals surface area contributed by atoms with Gasteiger partial charge in [-0.1, -0.05) is 44.2 Å². The van der Waals surface area contributed by atoms with Crippen molar-refractivity contribution in [1.82, 2.24) is 10.2 Å². The van der Waals surface area contributed by atoms with Crippen LogP contribution in [0, 0.1) is 5.92 Å². The molecule has 1 aliphatic rings. The maximum atomic E-state index is 3.59. The monoisotopic (exact) mass is 218 g/mol. The van der Waals surface area contributed by atoms with Gasteiger partial charge >= 0.3 is 0 Å². The van der Waals surface area contributed by atoms with Crippen LogP contribution < -0.4 is 5.32 Å². The molecule has 0 radical (unpaired) electrons. The second-order valence-electron chi connectivity index (χ2n) is 5.03. The summed E-state index contributed by atoms with van der Waals surface area (Å²) in [7, 11) is 0. The molecule has 1 aromatic rings. The molecule has 1 heterocycles. The average Bonchev–Trinajstić information content (AvgIpc) is 2.30. The van der Waals surface area contributed by atoms with E-state index in [1.54, 1.807) is 0 Å². The Hall–Kier alpha value is -0.860. The van der Waals surface area contributed by atoms with Crippen molar-refractivity contribution < 1.29 is 0 Å². The number of rotatable bonds is 3. The highest BCUT2D eigenvalue weighted by Gasteiger charge is 2.21. The standard InChI is InChI=1S/C14H22N2/c1-12(2)14-11-16(9-8-15-14)10-13-6-4-3-5-7-13/h3-7,12,14-15H,8-11H2,1-2H3/t14-/m0/s1. The third-order valence-electron chi connectivity index (χ3n) is 3.34. The highest BCUT2D eigenvalue weighted by molar-refractivity contribution is 5.14. The van der Waals surface area contributed by atoms with Crippen LogP contribution in [-0.2, 0) is 6.54 Å². The number of hydrogen-bond donors (Lipinski definition) is 1. The molecule has 16 heavy (non-hydrogen) atoms. The number of nitrogens with one attached hydrogen (secondary N) is 1. The highest BCUT2D eigenvalue weighted by Crippen LogP contribution is 2.11. The van der Waals surface area contributed by atoms with E-state index in [1.807, 2.05) is 0 Å². The van der Waals surface area contributed by atoms with Gasteiger partial charge in [0.25, 0.3) is 0 Å². The first-order valence-electron chi connectivity index (χ1n) is 6.25. The van der Waals surface area contributed by atoms with Gasteiger partial charge in [0.2, 0.25) is 0 Å². The van der Waals surface area contributed by atoms with Crippen LogP contribution in [0.4, 0.5) is 0 Å². The summed E-state index contributed by atoms with van der Waals surface area (Å²) in [5.74, 6) is 0.721. The maximum absolute atomic E-state index is 3.59. The van der Waals surface area contributed by atoms with Crippen LogP contribution in [0.3, 0.4) is 0 Å². The molecular weight excluding hydrogens is 196 g/mol. The Labute approximate surface area is 98.7 Å². The van der Waals surface area contributed by atoms with Crippen LogP contribution in [0.1, 0.15) is 19.4 Å². The zero-order chi connectivity index (χ0) is 11.4. The molecule has 1 N–H and O–H groups in total. The molecule has 1 atom stereocenters. The lowest BCUT2D eigenvalue weighted by molar-refractivity contribution is 0.168. The Kier molecular flexibility index (Phi) is 3.97. The third kappa shape index (κ3) is 3.06. The Bertz CT molecular complexity index is 308. The summed E-state index contributed by atoms with van der Waals surface area (Å²) in [5.41, 5.74) is 1.42. The van der Waals surface area contributed by atoms with Crippen LogP contribution in [0.25, 0.3) is 0 Å². The Balaban J connectivity index is 1.90. The second-order valence-corrected chi connectivity index (χ2v) is 5.03. The summed E-state index contributed by atoms with van der Waals surface area (Å²) in [5, 5.41) is 3.59. The first kappa shape index (κ1) is 11.6. The molecule has 2 nitrogen and oxygen atoms in total. The molecule has 0 bridgehead atoms. The van der Waals surface area contributed by atoms with E-state index >= 15 is 0 Å². The lowest BCUT2D eigenvalue weighted by atomic mass is 10.0. The SMILES string of the molecule is CC(C)[C@@H]1CN(Cc2ccccc2)CCN1. The van der Waals surface area contributed by atoms with Crippen molar-refractivity contribution in [3.63, 3.8) is 0 Å². The molecule has 2 heteroatoms. The van der Waals surface area contributed by atoms with Crippen LogP contribution in [0.2, 0.25) is 0 Å². The predicted molar refractivity (Wildman–Crippen MR) is 68.3 cm³/mol. The van der Waals surface area contributed by atoms with Gasteiger partial charge in [-0.25, -0.2) is 0 Å². The summed E-state index contributed by atoms with van der Waals surface area (Å²) in [6.45, 7) is 9.14. The smallest absolute Gasteiger partial charge is 0.0234 e. The zero-order valence-electron chi connectivity index (χ0n) is 10.3. The summed E-state index contributed by atoms with van der Waals surface area (Å²) < 4.78 is 0. The topological polar surface area (TPSA) is 15.3 Å². The van der Waals surface area contributed by atoms with E-state index in [4.69, 9.17) is 0 Å². The molecule has 1 aliphatic heterocycles. The maximum Gasteiger partial charge on any atom is 0.0234 e. The minimum atomic E-state index is 0.650. The molecule has 0 aliphatic carbocycles. The quantitative estimate of drug-likeness (QED) is 0.836. The van der Waals surface area contributed by atoms with Crippen LogP contribution in [0.15, 0.2) is 30.3 Å². The van der Waals surface area contributed by atoms with Gasteiger partial charge in [0.05, 0.1) is 0 Å². The van der Waals surface area contributed by atoms with Crippen LogP contribution >= 0.6 is 0 Å². The molecule has 0 aromatic heterocycles. The van der Waals surface area contributed by atoms with E-state index in [9.17, 15) is 0 Å². The molecule has 0 saturated carbocycles. The molecule has 1 aromatic carbocycles. The van der Waals surface area contributed by atoms with E-state index in [-0.39, 0.29) is 0 Å². The van der Waals surface area contributed by atoms with Gasteiger partial charge in [-0.15, -0.1) is 0 Å². The summed E-state index contributed by atoms with van der Waals surface area (Å²) in [6.07, 6.45) is 0. The van der Waals surface area contributed by atoms with E-state index in [0.717, 1.165) is 25.6 Å². The van der Waals surface area contributed by atoms with Crippen molar-refractivity contribution in [1.29, 1.82) is 0 Å². The molecule has 1 fully saturated rings. The molecule has 0 amide bonds. The first-order valence-corrected chi connectivity index (χ1v) is 6.25. The molecular formula is C14H22N2. The fourth-order valence-electron chi connectivity index (χ4n) is 2.27. The Morgan fingerprint density at radius 1 is 1.31 bits per heavy atom. The number of piperazine rings is 1. The molecule has 1 saturated heterocycles. The lowest BCUT2D eigenvalue weighted by Gasteiger charge is -2.35. The normalized spacial score (nSPS) is 22.6. The number of benzene rings is 1. The van der Waals surface area contributed by atoms with Crippen LogP contribution in [-0.4, -0.2) is 30.6 Å². The Morgan fingerprint density at radius 2 is 2.06 bits per heavy atom. The predicted octanol–water partition coefficient (Wildman–Crippen LogP) is 2.12. The summed E-state index contributed by atoms with van der Waals surface area (Å²) in [4.78, 5) is 2.55. The number of nitrogens with zero attached hydrogens (tertiary/aromatic N) is 1. The van der Waals surface area contributed by atoms with Crippen molar-refractivity contribution in [2.75, 3.05) is 19.6 Å². The number of hydrogen-bond acceptors (Lipinski definition) is 2. The minimum absolute atomic E-state index is 0.650. The highest BCUT2D eigenvalue weighted by atomic mass is 15.2. The summed E-state index contributed by atoms with van der Waals surface area (Å²) in [6, 6.07) is 11.4. The van der Waals surface area contributed by atoms with Crippen molar-refractivity contribution in [2.24, 2.45) is 5.92 Å². The van der Waals surface area contributed by atoms with Gasteiger partial charge in [-0.2, -0.15) is 0 Å². The lowest BCUT2D eigenvalue weighted by Crippen LogP contribution is -2.52. The fraction of sp³-hybridized carbons (Fsp3) is 0.571. The largest absolute Gasteiger partial charge is 0.311 e. The zero-order valence-corrected chi connectivity index (χ0v) is 10.3. The fourth-order valence-corrected chi connectivity index (χ4v) is 2.27. The van der Waals surface area contributed by atoms with Gasteiger partial charge < -0.3 is 5.32 Å². The summed E-state index contributed by atoms with van der Waals surface area (Å²) >= 11 is 0. The van der Waals surface area contributed by atoms with Crippen molar-refractivity contribution in [3.05, 3.63) is 35.9 Å². The molecule has 0 unspecified atom stereocenters. The van der Waals surface area contributed by atoms with Gasteiger partial charge in [0, 0.05) is 32.2 Å². The average molecular weight is 218 g/mol. The first-order chi connectivity index (χ1) is 7.75. The van der Waals surface area contributed by atoms with Gasteiger partial charge in [0.15, 0.2) is 0 Å². The van der Waals surface area contributed by atoms with Crippen molar-refractivity contribution in [2.45, 2.75) is 26.4 Å².